The molecule has 2 atom stereocenters. The smallest absolute Gasteiger partial charge is 0.408 e. The van der Waals surface area contributed by atoms with E-state index in [1.807, 2.05) is 60.7 Å². The second-order valence-corrected chi connectivity index (χ2v) is 13.9. The molecule has 0 bridgehead atoms. The summed E-state index contributed by atoms with van der Waals surface area (Å²) in [4.78, 5) is 53.6. The summed E-state index contributed by atoms with van der Waals surface area (Å²) in [6.45, 7) is 7.19. The number of amides is 2. The minimum Gasteiger partial charge on any atom is -0.461 e. The van der Waals surface area contributed by atoms with Crippen LogP contribution in [0.15, 0.2) is 89.1 Å². The Morgan fingerprint density at radius 1 is 0.979 bits per heavy atom. The highest BCUT2D eigenvalue weighted by molar-refractivity contribution is 8.00. The number of thioether (sulfide) groups is 2. The second-order valence-electron chi connectivity index (χ2n) is 11.7. The van der Waals surface area contributed by atoms with Crippen LogP contribution in [0.25, 0.3) is 0 Å². The third-order valence-corrected chi connectivity index (χ3v) is 9.38. The molecule has 0 unspecified atom stereocenters. The molecule has 1 aromatic heterocycles. The maximum absolute atomic E-state index is 14.1. The van der Waals surface area contributed by atoms with Crippen LogP contribution in [0, 0.1) is 0 Å². The Balaban J connectivity index is 1.38. The molecule has 13 heteroatoms. The van der Waals surface area contributed by atoms with Crippen molar-refractivity contribution in [2.24, 2.45) is 0 Å². The Bertz CT molecular complexity index is 1590. The lowest BCUT2D eigenvalue weighted by atomic mass is 10.00. The Morgan fingerprint density at radius 2 is 1.64 bits per heavy atom. The molecular formula is C34H36N4O7S2. The van der Waals surface area contributed by atoms with E-state index in [1.54, 1.807) is 39.8 Å². The SMILES string of the molecule is CCOC(=O)c1ccc(SCCC2=C(C(=O)OC(c3ccccc3)c3ccccc3)N3C(=O)[C@@H](NC(=O)OC(C)(C)C)[C@H]3SC2)nn1. The van der Waals surface area contributed by atoms with E-state index in [0.29, 0.717) is 23.0 Å². The van der Waals surface area contributed by atoms with Gasteiger partial charge in [0.1, 0.15) is 27.7 Å². The van der Waals surface area contributed by atoms with E-state index in [-0.39, 0.29) is 18.0 Å². The summed E-state index contributed by atoms with van der Waals surface area (Å²) >= 11 is 2.87. The summed E-state index contributed by atoms with van der Waals surface area (Å²) in [5.74, 6) is -0.618. The molecule has 1 saturated heterocycles. The van der Waals surface area contributed by atoms with E-state index >= 15 is 0 Å². The zero-order chi connectivity index (χ0) is 33.6. The number of hydrogen-bond acceptors (Lipinski definition) is 11. The van der Waals surface area contributed by atoms with Crippen molar-refractivity contribution in [2.75, 3.05) is 18.1 Å². The van der Waals surface area contributed by atoms with Crippen LogP contribution in [-0.2, 0) is 23.8 Å². The fourth-order valence-electron chi connectivity index (χ4n) is 5.03. The molecule has 47 heavy (non-hydrogen) atoms. The third kappa shape index (κ3) is 8.33. The Kier molecular flexibility index (Phi) is 10.9. The number of esters is 2. The van der Waals surface area contributed by atoms with Crippen LogP contribution in [-0.4, -0.2) is 74.2 Å². The first-order valence-electron chi connectivity index (χ1n) is 15.2. The van der Waals surface area contributed by atoms with Gasteiger partial charge in [-0.25, -0.2) is 14.4 Å². The van der Waals surface area contributed by atoms with Crippen LogP contribution in [0.1, 0.15) is 61.8 Å². The number of ether oxygens (including phenoxy) is 3. The molecule has 0 saturated carbocycles. The molecule has 0 aliphatic carbocycles. The van der Waals surface area contributed by atoms with Crippen LogP contribution < -0.4 is 5.32 Å². The maximum atomic E-state index is 14.1. The van der Waals surface area contributed by atoms with Crippen molar-refractivity contribution in [1.82, 2.24) is 20.4 Å². The molecule has 2 aliphatic rings. The highest BCUT2D eigenvalue weighted by Gasteiger charge is 2.55. The molecule has 2 aromatic carbocycles. The number of nitrogens with one attached hydrogen (secondary N) is 1. The molecule has 2 aliphatic heterocycles. The number of hydrogen-bond donors (Lipinski definition) is 1. The number of alkyl carbamates (subject to hydrolysis) is 1. The van der Waals surface area contributed by atoms with Gasteiger partial charge in [0.25, 0.3) is 5.91 Å². The number of benzene rings is 2. The quantitative estimate of drug-likeness (QED) is 0.119. The average molecular weight is 677 g/mol. The van der Waals surface area contributed by atoms with Crippen molar-refractivity contribution >= 4 is 47.5 Å². The largest absolute Gasteiger partial charge is 0.461 e. The van der Waals surface area contributed by atoms with Crippen molar-refractivity contribution in [3.05, 3.63) is 101 Å². The van der Waals surface area contributed by atoms with Crippen LogP contribution in [0.5, 0.6) is 0 Å². The van der Waals surface area contributed by atoms with Crippen LogP contribution >= 0.6 is 23.5 Å². The zero-order valence-corrected chi connectivity index (χ0v) is 28.1. The van der Waals surface area contributed by atoms with Crippen molar-refractivity contribution in [2.45, 2.75) is 62.3 Å². The molecular weight excluding hydrogens is 641 g/mol. The second kappa shape index (κ2) is 15.0. The van der Waals surface area contributed by atoms with Gasteiger partial charge in [-0.3, -0.25) is 9.69 Å². The normalized spacial score (nSPS) is 17.5. The lowest BCUT2D eigenvalue weighted by molar-refractivity contribution is -0.153. The first-order valence-corrected chi connectivity index (χ1v) is 17.2. The summed E-state index contributed by atoms with van der Waals surface area (Å²) in [7, 11) is 0. The van der Waals surface area contributed by atoms with Gasteiger partial charge in [-0.1, -0.05) is 60.7 Å². The predicted octanol–water partition coefficient (Wildman–Crippen LogP) is 5.53. The van der Waals surface area contributed by atoms with Gasteiger partial charge in [-0.2, -0.15) is 0 Å². The molecule has 5 rings (SSSR count). The highest BCUT2D eigenvalue weighted by Crippen LogP contribution is 2.43. The number of β-lactam (4-membered cyclic amide) rings is 1. The molecule has 2 amide bonds. The van der Waals surface area contributed by atoms with Gasteiger partial charge in [-0.05, 0) is 62.9 Å². The van der Waals surface area contributed by atoms with E-state index < -0.39 is 47.1 Å². The number of rotatable bonds is 11. The van der Waals surface area contributed by atoms with E-state index in [9.17, 15) is 19.2 Å². The minimum absolute atomic E-state index is 0.121. The Labute approximate surface area is 281 Å². The van der Waals surface area contributed by atoms with Crippen molar-refractivity contribution < 1.29 is 33.4 Å². The summed E-state index contributed by atoms with van der Waals surface area (Å²) < 4.78 is 16.5. The lowest BCUT2D eigenvalue weighted by Gasteiger charge is -2.49. The number of carbonyl (C=O) groups excluding carboxylic acids is 4. The number of aromatic nitrogens is 2. The van der Waals surface area contributed by atoms with E-state index in [2.05, 4.69) is 15.5 Å². The first-order chi connectivity index (χ1) is 22.6. The molecule has 1 fully saturated rings. The summed E-state index contributed by atoms with van der Waals surface area (Å²) in [6, 6.07) is 21.2. The average Bonchev–Trinajstić information content (AvgIpc) is 3.06. The van der Waals surface area contributed by atoms with Gasteiger partial charge in [0.15, 0.2) is 11.8 Å². The molecule has 0 spiro atoms. The summed E-state index contributed by atoms with van der Waals surface area (Å²) in [6.07, 6.45) is -0.957. The molecule has 1 N–H and O–H groups in total. The maximum Gasteiger partial charge on any atom is 0.408 e. The van der Waals surface area contributed by atoms with Gasteiger partial charge >= 0.3 is 18.0 Å². The van der Waals surface area contributed by atoms with Gasteiger partial charge in [-0.15, -0.1) is 33.7 Å². The fourth-order valence-corrected chi connectivity index (χ4v) is 7.24. The molecule has 11 nitrogen and oxygen atoms in total. The van der Waals surface area contributed by atoms with Crippen LogP contribution in [0.3, 0.4) is 0 Å². The molecule has 3 aromatic rings. The monoisotopic (exact) mass is 676 g/mol. The van der Waals surface area contributed by atoms with Gasteiger partial charge in [0, 0.05) is 11.5 Å². The zero-order valence-electron chi connectivity index (χ0n) is 26.5. The van der Waals surface area contributed by atoms with Crippen molar-refractivity contribution in [3.63, 3.8) is 0 Å². The Hall–Kier alpha value is -4.36. The standard InChI is InChI=1S/C34H36N4O7S2/c1-5-43-31(40)24-16-17-25(37-36-24)46-19-18-23-20-47-30-26(35-33(42)45-34(2,3)4)29(39)38(30)27(23)32(41)44-28(21-12-8-6-9-13-21)22-14-10-7-11-15-22/h6-17,26,28,30H,5,18-20H2,1-4H3,(H,35,42)/t26-,30-/m1/s1. The fraction of sp³-hybridized carbons (Fsp3) is 0.353. The predicted molar refractivity (Wildman–Crippen MR) is 177 cm³/mol. The van der Waals surface area contributed by atoms with Crippen molar-refractivity contribution in [3.8, 4) is 0 Å². The van der Waals surface area contributed by atoms with E-state index in [0.717, 1.165) is 16.7 Å². The number of carbonyl (C=O) groups is 4. The number of fused-ring (bicyclic) bond motifs is 1. The molecule has 0 radical (unpaired) electrons. The van der Waals surface area contributed by atoms with Crippen molar-refractivity contribution in [1.29, 1.82) is 0 Å². The van der Waals surface area contributed by atoms with E-state index in [1.165, 1.54) is 28.4 Å². The first kappa shape index (κ1) is 34.0. The highest BCUT2D eigenvalue weighted by atomic mass is 32.2. The van der Waals surface area contributed by atoms with Crippen LogP contribution in [0.2, 0.25) is 0 Å². The summed E-state index contributed by atoms with van der Waals surface area (Å²) in [5, 5.41) is 10.9. The van der Waals surface area contributed by atoms with E-state index in [4.69, 9.17) is 14.2 Å². The topological polar surface area (TPSA) is 137 Å². The lowest BCUT2D eigenvalue weighted by Crippen LogP contribution is -2.70. The van der Waals surface area contributed by atoms with Gasteiger partial charge < -0.3 is 19.5 Å². The minimum atomic E-state index is -0.846. The molecule has 3 heterocycles. The van der Waals surface area contributed by atoms with Crippen LogP contribution in [0.4, 0.5) is 4.79 Å². The van der Waals surface area contributed by atoms with Gasteiger partial charge in [0.2, 0.25) is 0 Å². The molecule has 246 valence electrons. The summed E-state index contributed by atoms with van der Waals surface area (Å²) in [5.41, 5.74) is 1.89. The Morgan fingerprint density at radius 3 is 2.21 bits per heavy atom. The number of nitrogens with zero attached hydrogens (tertiary/aromatic N) is 3. The van der Waals surface area contributed by atoms with Gasteiger partial charge in [0.05, 0.1) is 6.61 Å². The third-order valence-electron chi connectivity index (χ3n) is 7.12.